The van der Waals surface area contributed by atoms with Crippen molar-refractivity contribution in [3.63, 3.8) is 0 Å². The van der Waals surface area contributed by atoms with E-state index in [1.807, 2.05) is 0 Å². The van der Waals surface area contributed by atoms with Crippen LogP contribution in [0, 0.1) is 23.2 Å². The second kappa shape index (κ2) is 6.85. The molecule has 1 fully saturated rings. The smallest absolute Gasteiger partial charge is 0.0955 e. The predicted octanol–water partition coefficient (Wildman–Crippen LogP) is 3.09. The summed E-state index contributed by atoms with van der Waals surface area (Å²) in [5, 5.41) is 12.4. The van der Waals surface area contributed by atoms with Crippen molar-refractivity contribution in [2.24, 2.45) is 11.8 Å². The van der Waals surface area contributed by atoms with Crippen molar-refractivity contribution in [2.75, 3.05) is 6.54 Å². The van der Waals surface area contributed by atoms with E-state index in [4.69, 9.17) is 5.26 Å². The van der Waals surface area contributed by atoms with Gasteiger partial charge in [-0.3, -0.25) is 0 Å². The minimum atomic E-state index is 0.0792. The molecule has 1 unspecified atom stereocenters. The van der Waals surface area contributed by atoms with Crippen LogP contribution < -0.4 is 5.32 Å². The number of nitrogens with one attached hydrogen (secondary N) is 1. The molecule has 2 heteroatoms. The summed E-state index contributed by atoms with van der Waals surface area (Å²) in [5.74, 6) is 1.43. The zero-order valence-electron chi connectivity index (χ0n) is 10.1. The summed E-state index contributed by atoms with van der Waals surface area (Å²) in [4.78, 5) is 0. The molecular formula is C13H24N2. The average molecular weight is 208 g/mol. The van der Waals surface area contributed by atoms with Crippen LogP contribution in [0.15, 0.2) is 0 Å². The van der Waals surface area contributed by atoms with E-state index in [1.165, 1.54) is 32.1 Å². The van der Waals surface area contributed by atoms with Gasteiger partial charge in [0.15, 0.2) is 0 Å². The Labute approximate surface area is 94.1 Å². The number of hydrogen-bond acceptors (Lipinski definition) is 2. The third-order valence-corrected chi connectivity index (χ3v) is 3.22. The standard InChI is InChI=1S/C13H24N2/c1-11(2)10-15-13(9-14)8-12-6-4-3-5-7-12/h11-13,15H,3-8,10H2,1-2H3. The largest absolute Gasteiger partial charge is 0.302 e. The van der Waals surface area contributed by atoms with Crippen molar-refractivity contribution in [3.8, 4) is 6.07 Å². The minimum Gasteiger partial charge on any atom is -0.302 e. The molecule has 1 aliphatic carbocycles. The first-order chi connectivity index (χ1) is 7.22. The van der Waals surface area contributed by atoms with Gasteiger partial charge in [0.25, 0.3) is 0 Å². The Morgan fingerprint density at radius 1 is 1.27 bits per heavy atom. The zero-order valence-corrected chi connectivity index (χ0v) is 10.1. The van der Waals surface area contributed by atoms with Gasteiger partial charge in [0.05, 0.1) is 12.1 Å². The van der Waals surface area contributed by atoms with Gasteiger partial charge >= 0.3 is 0 Å². The summed E-state index contributed by atoms with van der Waals surface area (Å²) in [6.07, 6.45) is 7.86. The van der Waals surface area contributed by atoms with Crippen LogP contribution in [0.3, 0.4) is 0 Å². The van der Waals surface area contributed by atoms with E-state index < -0.39 is 0 Å². The fourth-order valence-corrected chi connectivity index (χ4v) is 2.32. The molecule has 0 spiro atoms. The van der Waals surface area contributed by atoms with Gasteiger partial charge in [-0.1, -0.05) is 46.0 Å². The average Bonchev–Trinajstić information content (AvgIpc) is 2.25. The van der Waals surface area contributed by atoms with Gasteiger partial charge in [0.2, 0.25) is 0 Å². The van der Waals surface area contributed by atoms with Gasteiger partial charge in [0.1, 0.15) is 0 Å². The molecule has 0 aromatic heterocycles. The van der Waals surface area contributed by atoms with Crippen LogP contribution in [0.4, 0.5) is 0 Å². The normalized spacial score (nSPS) is 20.1. The van der Waals surface area contributed by atoms with Crippen LogP contribution in [0.1, 0.15) is 52.4 Å². The van der Waals surface area contributed by atoms with Crippen LogP contribution in [0.25, 0.3) is 0 Å². The molecule has 0 radical (unpaired) electrons. The summed E-state index contributed by atoms with van der Waals surface area (Å²) >= 11 is 0. The van der Waals surface area contributed by atoms with Gasteiger partial charge in [-0.2, -0.15) is 5.26 Å². The molecule has 1 saturated carbocycles. The molecule has 0 amide bonds. The van der Waals surface area contributed by atoms with Gasteiger partial charge < -0.3 is 5.32 Å². The van der Waals surface area contributed by atoms with Crippen molar-refractivity contribution in [1.82, 2.24) is 5.32 Å². The molecule has 0 aromatic rings. The van der Waals surface area contributed by atoms with E-state index in [1.54, 1.807) is 0 Å². The minimum absolute atomic E-state index is 0.0792. The molecule has 0 heterocycles. The molecule has 1 N–H and O–H groups in total. The lowest BCUT2D eigenvalue weighted by Crippen LogP contribution is -2.33. The third-order valence-electron chi connectivity index (χ3n) is 3.22. The molecule has 1 rings (SSSR count). The molecule has 0 aliphatic heterocycles. The first kappa shape index (κ1) is 12.5. The Bertz CT molecular complexity index is 199. The second-order valence-corrected chi connectivity index (χ2v) is 5.22. The van der Waals surface area contributed by atoms with Gasteiger partial charge in [-0.05, 0) is 24.8 Å². The molecule has 86 valence electrons. The highest BCUT2D eigenvalue weighted by Crippen LogP contribution is 2.27. The SMILES string of the molecule is CC(C)CNC(C#N)CC1CCCCC1. The van der Waals surface area contributed by atoms with Crippen LogP contribution in [-0.4, -0.2) is 12.6 Å². The van der Waals surface area contributed by atoms with Crippen LogP contribution in [-0.2, 0) is 0 Å². The molecular weight excluding hydrogens is 184 g/mol. The first-order valence-corrected chi connectivity index (χ1v) is 6.35. The summed E-state index contributed by atoms with van der Waals surface area (Å²) in [6.45, 7) is 5.33. The van der Waals surface area contributed by atoms with Crippen molar-refractivity contribution in [3.05, 3.63) is 0 Å². The number of nitriles is 1. The fourth-order valence-electron chi connectivity index (χ4n) is 2.32. The molecule has 0 aromatic carbocycles. The molecule has 0 saturated heterocycles. The highest BCUT2D eigenvalue weighted by atomic mass is 14.9. The second-order valence-electron chi connectivity index (χ2n) is 5.22. The topological polar surface area (TPSA) is 35.8 Å². The number of nitrogens with zero attached hydrogens (tertiary/aromatic N) is 1. The number of hydrogen-bond donors (Lipinski definition) is 1. The Morgan fingerprint density at radius 2 is 1.93 bits per heavy atom. The molecule has 1 aliphatic rings. The first-order valence-electron chi connectivity index (χ1n) is 6.35. The van der Waals surface area contributed by atoms with Crippen LogP contribution in [0.2, 0.25) is 0 Å². The third kappa shape index (κ3) is 5.18. The summed E-state index contributed by atoms with van der Waals surface area (Å²) in [6, 6.07) is 2.47. The van der Waals surface area contributed by atoms with Gasteiger partial charge in [-0.25, -0.2) is 0 Å². The van der Waals surface area contributed by atoms with E-state index >= 15 is 0 Å². The Balaban J connectivity index is 2.23. The van der Waals surface area contributed by atoms with Gasteiger partial charge in [0, 0.05) is 0 Å². The lowest BCUT2D eigenvalue weighted by molar-refractivity contribution is 0.314. The monoisotopic (exact) mass is 208 g/mol. The Kier molecular flexibility index (Phi) is 5.71. The van der Waals surface area contributed by atoms with E-state index in [2.05, 4.69) is 25.2 Å². The maximum Gasteiger partial charge on any atom is 0.0955 e. The maximum absolute atomic E-state index is 9.06. The highest BCUT2D eigenvalue weighted by molar-refractivity contribution is 4.91. The zero-order chi connectivity index (χ0) is 11.1. The van der Waals surface area contributed by atoms with Crippen LogP contribution >= 0.6 is 0 Å². The summed E-state index contributed by atoms with van der Waals surface area (Å²) in [5.41, 5.74) is 0. The highest BCUT2D eigenvalue weighted by Gasteiger charge is 2.18. The number of rotatable bonds is 5. The van der Waals surface area contributed by atoms with E-state index in [9.17, 15) is 0 Å². The van der Waals surface area contributed by atoms with Crippen LogP contribution in [0.5, 0.6) is 0 Å². The van der Waals surface area contributed by atoms with Crippen molar-refractivity contribution < 1.29 is 0 Å². The quantitative estimate of drug-likeness (QED) is 0.753. The molecule has 2 nitrogen and oxygen atoms in total. The van der Waals surface area contributed by atoms with E-state index in [0.29, 0.717) is 5.92 Å². The maximum atomic E-state index is 9.06. The van der Waals surface area contributed by atoms with Crippen molar-refractivity contribution in [2.45, 2.75) is 58.4 Å². The molecule has 15 heavy (non-hydrogen) atoms. The fraction of sp³-hybridized carbons (Fsp3) is 0.923. The lowest BCUT2D eigenvalue weighted by Gasteiger charge is -2.24. The summed E-state index contributed by atoms with van der Waals surface area (Å²) < 4.78 is 0. The van der Waals surface area contributed by atoms with Crippen molar-refractivity contribution in [1.29, 1.82) is 5.26 Å². The Morgan fingerprint density at radius 3 is 2.47 bits per heavy atom. The van der Waals surface area contributed by atoms with Crippen molar-refractivity contribution >= 4 is 0 Å². The molecule has 1 atom stereocenters. The molecule has 0 bridgehead atoms. The lowest BCUT2D eigenvalue weighted by atomic mass is 9.85. The van der Waals surface area contributed by atoms with E-state index in [-0.39, 0.29) is 6.04 Å². The van der Waals surface area contributed by atoms with E-state index in [0.717, 1.165) is 18.9 Å². The van der Waals surface area contributed by atoms with Gasteiger partial charge in [-0.15, -0.1) is 0 Å². The predicted molar refractivity (Wildman–Crippen MR) is 63.4 cm³/mol. The summed E-state index contributed by atoms with van der Waals surface area (Å²) in [7, 11) is 0. The Hall–Kier alpha value is -0.550.